The molecule has 3 heterocycles. The number of aliphatic imine (C=N–C) groups is 1. The van der Waals surface area contributed by atoms with Crippen LogP contribution in [0.4, 0.5) is 5.13 Å². The first-order valence-corrected chi connectivity index (χ1v) is 12.8. The van der Waals surface area contributed by atoms with Gasteiger partial charge in [-0.05, 0) is 56.3 Å². The minimum absolute atomic E-state index is 0.242. The molecule has 4 N–H and O–H groups in total. The zero-order valence-corrected chi connectivity index (χ0v) is 22.5. The Morgan fingerprint density at radius 2 is 2.06 bits per heavy atom. The summed E-state index contributed by atoms with van der Waals surface area (Å²) in [6.07, 6.45) is 1.87. The molecule has 0 fully saturated rings. The molecule has 0 atom stereocenters. The van der Waals surface area contributed by atoms with Gasteiger partial charge in [0.1, 0.15) is 28.5 Å². The van der Waals surface area contributed by atoms with Gasteiger partial charge in [-0.1, -0.05) is 37.8 Å². The standard InChI is InChI=1S/C27H35N7OS/c1-16(2)25(17(3)31-24(28)15-33(5)6)18(4)34-9-10-35-23-8-7-19(11-21(23)14-34)20-12-22-26(30-13-20)36-27(29)32-22/h7-8,11-13,16H,4,9-10,14-15H2,1-3,5-6H3,(H2,28,31)(H2,29,32)/b25-17-. The quantitative estimate of drug-likeness (QED) is 0.277. The van der Waals surface area contributed by atoms with Crippen molar-refractivity contribution in [3.63, 3.8) is 0 Å². The van der Waals surface area contributed by atoms with Crippen LogP contribution < -0.4 is 16.2 Å². The van der Waals surface area contributed by atoms with E-state index in [-0.39, 0.29) is 5.92 Å². The number of pyridine rings is 1. The van der Waals surface area contributed by atoms with Gasteiger partial charge in [-0.3, -0.25) is 0 Å². The third-order valence-electron chi connectivity index (χ3n) is 6.09. The number of rotatable bonds is 7. The zero-order valence-electron chi connectivity index (χ0n) is 21.7. The highest BCUT2D eigenvalue weighted by molar-refractivity contribution is 7.21. The predicted octanol–water partition coefficient (Wildman–Crippen LogP) is 4.50. The van der Waals surface area contributed by atoms with Crippen LogP contribution in [-0.4, -0.2) is 59.4 Å². The number of ether oxygens (including phenoxy) is 1. The van der Waals surface area contributed by atoms with Gasteiger partial charge in [-0.15, -0.1) is 0 Å². The van der Waals surface area contributed by atoms with Crippen molar-refractivity contribution in [1.29, 1.82) is 0 Å². The maximum Gasteiger partial charge on any atom is 0.182 e. The largest absolute Gasteiger partial charge is 0.491 e. The van der Waals surface area contributed by atoms with Crippen molar-refractivity contribution in [2.24, 2.45) is 16.6 Å². The van der Waals surface area contributed by atoms with E-state index in [9.17, 15) is 0 Å². The minimum Gasteiger partial charge on any atom is -0.491 e. The molecule has 0 saturated heterocycles. The van der Waals surface area contributed by atoms with E-state index in [1.54, 1.807) is 0 Å². The lowest BCUT2D eigenvalue weighted by atomic mass is 9.97. The molecule has 0 bridgehead atoms. The number of nitrogens with zero attached hydrogens (tertiary/aromatic N) is 5. The fourth-order valence-corrected chi connectivity index (χ4v) is 5.22. The Hall–Kier alpha value is -3.43. The van der Waals surface area contributed by atoms with Crippen molar-refractivity contribution in [3.8, 4) is 16.9 Å². The van der Waals surface area contributed by atoms with Gasteiger partial charge in [0.2, 0.25) is 0 Å². The Morgan fingerprint density at radius 1 is 1.28 bits per heavy atom. The molecule has 0 radical (unpaired) electrons. The fraction of sp³-hybridized carbons (Fsp3) is 0.370. The molecule has 0 spiro atoms. The number of thiazole rings is 1. The molecule has 1 aliphatic heterocycles. The van der Waals surface area contributed by atoms with Crippen molar-refractivity contribution >= 4 is 32.7 Å². The van der Waals surface area contributed by atoms with E-state index >= 15 is 0 Å². The molecule has 4 rings (SSSR count). The lowest BCUT2D eigenvalue weighted by Gasteiger charge is -2.29. The van der Waals surface area contributed by atoms with Gasteiger partial charge >= 0.3 is 0 Å². The first-order chi connectivity index (χ1) is 17.1. The molecule has 2 aromatic heterocycles. The van der Waals surface area contributed by atoms with Crippen molar-refractivity contribution < 1.29 is 4.74 Å². The second-order valence-corrected chi connectivity index (χ2v) is 10.6. The van der Waals surface area contributed by atoms with Gasteiger partial charge in [-0.2, -0.15) is 0 Å². The smallest absolute Gasteiger partial charge is 0.182 e. The van der Waals surface area contributed by atoms with Crippen molar-refractivity contribution in [1.82, 2.24) is 19.8 Å². The highest BCUT2D eigenvalue weighted by Gasteiger charge is 2.22. The summed E-state index contributed by atoms with van der Waals surface area (Å²) >= 11 is 1.39. The molecule has 1 aromatic carbocycles. The number of nitrogen functional groups attached to an aromatic ring is 1. The van der Waals surface area contributed by atoms with E-state index in [4.69, 9.17) is 21.2 Å². The Kier molecular flexibility index (Phi) is 7.61. The molecule has 1 aliphatic rings. The Morgan fingerprint density at radius 3 is 2.78 bits per heavy atom. The number of likely N-dealkylation sites (N-methyl/N-ethyl adjacent to an activating group) is 1. The molecule has 9 heteroatoms. The Bertz CT molecular complexity index is 1340. The average Bonchev–Trinajstić information content (AvgIpc) is 3.03. The van der Waals surface area contributed by atoms with Gasteiger partial charge in [0.25, 0.3) is 0 Å². The molecule has 190 valence electrons. The molecule has 0 saturated carbocycles. The number of fused-ring (bicyclic) bond motifs is 2. The average molecular weight is 506 g/mol. The Labute approximate surface area is 217 Å². The Balaban J connectivity index is 1.64. The van der Waals surface area contributed by atoms with Crippen molar-refractivity contribution in [2.45, 2.75) is 27.3 Å². The summed E-state index contributed by atoms with van der Waals surface area (Å²) < 4.78 is 6.11. The van der Waals surface area contributed by atoms with Gasteiger partial charge in [0, 0.05) is 35.3 Å². The maximum absolute atomic E-state index is 6.18. The summed E-state index contributed by atoms with van der Waals surface area (Å²) in [4.78, 5) is 18.7. The normalized spacial score (nSPS) is 15.1. The van der Waals surface area contributed by atoms with Crippen LogP contribution in [0.3, 0.4) is 0 Å². The van der Waals surface area contributed by atoms with Gasteiger partial charge in [-0.25, -0.2) is 15.0 Å². The summed E-state index contributed by atoms with van der Waals surface area (Å²) in [6, 6.07) is 8.30. The van der Waals surface area contributed by atoms with Crippen molar-refractivity contribution in [3.05, 3.63) is 59.6 Å². The topological polar surface area (TPSA) is 106 Å². The van der Waals surface area contributed by atoms with Gasteiger partial charge in [0.05, 0.1) is 13.1 Å². The third kappa shape index (κ3) is 5.68. The number of aromatic nitrogens is 2. The van der Waals surface area contributed by atoms with E-state index in [1.807, 2.05) is 44.2 Å². The van der Waals surface area contributed by atoms with Crippen LogP contribution in [0, 0.1) is 5.92 Å². The highest BCUT2D eigenvalue weighted by Crippen LogP contribution is 2.34. The predicted molar refractivity (Wildman–Crippen MR) is 150 cm³/mol. The number of allylic oxidation sites excluding steroid dienone is 2. The van der Waals surface area contributed by atoms with E-state index in [2.05, 4.69) is 47.4 Å². The van der Waals surface area contributed by atoms with Crippen LogP contribution >= 0.6 is 11.3 Å². The van der Waals surface area contributed by atoms with E-state index in [0.29, 0.717) is 30.7 Å². The fourth-order valence-electron chi connectivity index (χ4n) is 4.57. The number of anilines is 1. The summed E-state index contributed by atoms with van der Waals surface area (Å²) in [5.41, 5.74) is 19.0. The first kappa shape index (κ1) is 25.7. The van der Waals surface area contributed by atoms with Crippen LogP contribution in [0.5, 0.6) is 5.75 Å². The second-order valence-electron chi connectivity index (χ2n) is 9.63. The molecule has 3 aromatic rings. The monoisotopic (exact) mass is 505 g/mol. The van der Waals surface area contributed by atoms with E-state index < -0.39 is 0 Å². The first-order valence-electron chi connectivity index (χ1n) is 12.0. The van der Waals surface area contributed by atoms with E-state index in [0.717, 1.165) is 56.3 Å². The van der Waals surface area contributed by atoms with E-state index in [1.165, 1.54) is 11.3 Å². The highest BCUT2D eigenvalue weighted by atomic mass is 32.1. The summed E-state index contributed by atoms with van der Waals surface area (Å²) in [5, 5.41) is 0.524. The number of benzene rings is 1. The molecule has 36 heavy (non-hydrogen) atoms. The van der Waals surface area contributed by atoms with Crippen LogP contribution in [0.25, 0.3) is 21.5 Å². The number of amidine groups is 1. The number of hydrogen-bond acceptors (Lipinski definition) is 8. The number of nitrogens with two attached hydrogens (primary N) is 2. The van der Waals surface area contributed by atoms with Crippen LogP contribution in [0.15, 0.2) is 59.0 Å². The maximum atomic E-state index is 6.18. The summed E-state index contributed by atoms with van der Waals surface area (Å²) in [5.74, 6) is 1.72. The van der Waals surface area contributed by atoms with Crippen molar-refractivity contribution in [2.75, 3.05) is 39.5 Å². The third-order valence-corrected chi connectivity index (χ3v) is 6.90. The molecular formula is C27H35N7OS. The SMILES string of the molecule is C=C(/C(=C(C)\N=C(/N)CN(C)C)C(C)C)N1CCOc2ccc(-c3cnc4sc(N)nc4c3)cc2C1. The van der Waals surface area contributed by atoms with Crippen LogP contribution in [0.1, 0.15) is 26.3 Å². The number of hydrogen-bond donors (Lipinski definition) is 2. The summed E-state index contributed by atoms with van der Waals surface area (Å²) in [6.45, 7) is 13.4. The lowest BCUT2D eigenvalue weighted by Crippen LogP contribution is -2.29. The molecule has 0 unspecified atom stereocenters. The molecular weight excluding hydrogens is 470 g/mol. The lowest BCUT2D eigenvalue weighted by molar-refractivity contribution is 0.265. The summed E-state index contributed by atoms with van der Waals surface area (Å²) in [7, 11) is 3.96. The zero-order chi connectivity index (χ0) is 26.0. The van der Waals surface area contributed by atoms with Gasteiger partial charge < -0.3 is 26.0 Å². The molecule has 8 nitrogen and oxygen atoms in total. The van der Waals surface area contributed by atoms with Crippen LogP contribution in [-0.2, 0) is 6.54 Å². The molecule has 0 aliphatic carbocycles. The minimum atomic E-state index is 0.242. The van der Waals surface area contributed by atoms with Crippen LogP contribution in [0.2, 0.25) is 0 Å². The molecule has 0 amide bonds. The second kappa shape index (κ2) is 10.7. The van der Waals surface area contributed by atoms with Gasteiger partial charge in [0.15, 0.2) is 5.13 Å².